The number of piperazine rings is 1. The monoisotopic (exact) mass is 352 g/mol. The second-order valence-electron chi connectivity index (χ2n) is 5.82. The summed E-state index contributed by atoms with van der Waals surface area (Å²) in [6, 6.07) is 9.29. The molecule has 1 aliphatic heterocycles. The lowest BCUT2D eigenvalue weighted by Crippen LogP contribution is -2.48. The molecule has 0 spiro atoms. The molecule has 1 atom stereocenters. The van der Waals surface area contributed by atoms with Gasteiger partial charge < -0.3 is 5.32 Å². The molecule has 2 aromatic rings. The first kappa shape index (κ1) is 17.0. The maximum atomic E-state index is 14.2. The normalized spacial score (nSPS) is 19.4. The highest BCUT2D eigenvalue weighted by atomic mass is 32.2. The first-order chi connectivity index (χ1) is 11.4. The van der Waals surface area contributed by atoms with Crippen LogP contribution in [0.1, 0.15) is 17.2 Å². The van der Waals surface area contributed by atoms with Crippen LogP contribution in [0.4, 0.5) is 8.78 Å². The Kier molecular flexibility index (Phi) is 4.67. The maximum absolute atomic E-state index is 14.2. The van der Waals surface area contributed by atoms with Gasteiger partial charge in [0, 0.05) is 19.6 Å². The molecule has 0 aromatic heterocycles. The van der Waals surface area contributed by atoms with Crippen LogP contribution in [0.5, 0.6) is 0 Å². The van der Waals surface area contributed by atoms with Crippen LogP contribution in [0, 0.1) is 18.6 Å². The predicted octanol–water partition coefficient (Wildman–Crippen LogP) is 2.61. The van der Waals surface area contributed by atoms with Gasteiger partial charge in [0.2, 0.25) is 10.0 Å². The molecule has 1 heterocycles. The average Bonchev–Trinajstić information content (AvgIpc) is 2.54. The van der Waals surface area contributed by atoms with Crippen LogP contribution in [-0.2, 0) is 10.0 Å². The molecule has 0 saturated carbocycles. The molecule has 128 valence electrons. The summed E-state index contributed by atoms with van der Waals surface area (Å²) in [6.45, 7) is 2.69. The fraction of sp³-hybridized carbons (Fsp3) is 0.294. The lowest BCUT2D eigenvalue weighted by Gasteiger charge is -2.35. The van der Waals surface area contributed by atoms with Crippen molar-refractivity contribution in [1.82, 2.24) is 9.62 Å². The van der Waals surface area contributed by atoms with Gasteiger partial charge in [-0.1, -0.05) is 18.2 Å². The van der Waals surface area contributed by atoms with Gasteiger partial charge in [-0.05, 0) is 42.3 Å². The number of halogens is 2. The smallest absolute Gasteiger partial charge is 0.246 e. The highest BCUT2D eigenvalue weighted by Crippen LogP contribution is 2.30. The largest absolute Gasteiger partial charge is 0.313 e. The van der Waals surface area contributed by atoms with Crippen molar-refractivity contribution >= 4 is 10.0 Å². The Labute approximate surface area is 140 Å². The number of hydrogen-bond donors (Lipinski definition) is 1. The first-order valence-corrected chi connectivity index (χ1v) is 9.08. The van der Waals surface area contributed by atoms with E-state index in [2.05, 4.69) is 5.32 Å². The number of benzene rings is 2. The fourth-order valence-electron chi connectivity index (χ4n) is 2.91. The van der Waals surface area contributed by atoms with Gasteiger partial charge in [0.1, 0.15) is 16.5 Å². The summed E-state index contributed by atoms with van der Waals surface area (Å²) in [5, 5.41) is 3.11. The molecule has 0 aliphatic carbocycles. The van der Waals surface area contributed by atoms with Crippen molar-refractivity contribution in [2.45, 2.75) is 17.9 Å². The van der Waals surface area contributed by atoms with Gasteiger partial charge in [-0.15, -0.1) is 0 Å². The molecule has 0 radical (unpaired) electrons. The Hall–Kier alpha value is -1.83. The minimum absolute atomic E-state index is 0.191. The van der Waals surface area contributed by atoms with E-state index in [1.165, 1.54) is 34.6 Å². The Balaban J connectivity index is 2.03. The Morgan fingerprint density at radius 1 is 1.17 bits per heavy atom. The standard InChI is InChI=1S/C17H18F2N2O2S/c1-12-5-6-17(15(19)9-12)24(22,23)21-8-7-20-11-16(21)13-3-2-4-14(18)10-13/h2-6,9-10,16,20H,7-8,11H2,1H3. The summed E-state index contributed by atoms with van der Waals surface area (Å²) >= 11 is 0. The SMILES string of the molecule is Cc1ccc(S(=O)(=O)N2CCNCC2c2cccc(F)c2)c(F)c1. The van der Waals surface area contributed by atoms with E-state index < -0.39 is 27.7 Å². The number of hydrogen-bond acceptors (Lipinski definition) is 3. The second-order valence-corrected chi connectivity index (χ2v) is 7.68. The Morgan fingerprint density at radius 2 is 1.96 bits per heavy atom. The van der Waals surface area contributed by atoms with Crippen LogP contribution in [0.3, 0.4) is 0 Å². The number of sulfonamides is 1. The molecular weight excluding hydrogens is 334 g/mol. The van der Waals surface area contributed by atoms with Crippen molar-refractivity contribution < 1.29 is 17.2 Å². The molecule has 7 heteroatoms. The van der Waals surface area contributed by atoms with E-state index in [4.69, 9.17) is 0 Å². The van der Waals surface area contributed by atoms with Crippen molar-refractivity contribution in [3.8, 4) is 0 Å². The average molecular weight is 352 g/mol. The van der Waals surface area contributed by atoms with Crippen LogP contribution in [-0.4, -0.2) is 32.4 Å². The van der Waals surface area contributed by atoms with Gasteiger partial charge in [-0.2, -0.15) is 4.31 Å². The highest BCUT2D eigenvalue weighted by Gasteiger charge is 2.36. The van der Waals surface area contributed by atoms with Crippen LogP contribution in [0.25, 0.3) is 0 Å². The van der Waals surface area contributed by atoms with Gasteiger partial charge in [0.15, 0.2) is 0 Å². The molecule has 1 fully saturated rings. The number of nitrogens with one attached hydrogen (secondary N) is 1. The van der Waals surface area contributed by atoms with Gasteiger partial charge >= 0.3 is 0 Å². The van der Waals surface area contributed by atoms with E-state index in [0.29, 0.717) is 24.2 Å². The van der Waals surface area contributed by atoms with Crippen molar-refractivity contribution in [2.75, 3.05) is 19.6 Å². The van der Waals surface area contributed by atoms with Gasteiger partial charge in [0.25, 0.3) is 0 Å². The number of nitrogens with zero attached hydrogens (tertiary/aromatic N) is 1. The molecule has 2 aromatic carbocycles. The number of rotatable bonds is 3. The lowest BCUT2D eigenvalue weighted by atomic mass is 10.1. The van der Waals surface area contributed by atoms with Gasteiger partial charge in [-0.25, -0.2) is 17.2 Å². The molecule has 0 amide bonds. The van der Waals surface area contributed by atoms with Crippen LogP contribution in [0.15, 0.2) is 47.4 Å². The number of aryl methyl sites for hydroxylation is 1. The van der Waals surface area contributed by atoms with Crippen molar-refractivity contribution in [3.05, 3.63) is 65.2 Å². The van der Waals surface area contributed by atoms with E-state index in [-0.39, 0.29) is 11.4 Å². The third-order valence-corrected chi connectivity index (χ3v) is 6.04. The molecule has 0 bridgehead atoms. The zero-order valence-electron chi connectivity index (χ0n) is 13.2. The molecule has 3 rings (SSSR count). The van der Waals surface area contributed by atoms with Crippen molar-refractivity contribution in [1.29, 1.82) is 0 Å². The topological polar surface area (TPSA) is 49.4 Å². The maximum Gasteiger partial charge on any atom is 0.246 e. The van der Waals surface area contributed by atoms with Gasteiger partial charge in [-0.3, -0.25) is 0 Å². The van der Waals surface area contributed by atoms with Crippen LogP contribution >= 0.6 is 0 Å². The highest BCUT2D eigenvalue weighted by molar-refractivity contribution is 7.89. The van der Waals surface area contributed by atoms with Crippen molar-refractivity contribution in [3.63, 3.8) is 0 Å². The summed E-state index contributed by atoms with van der Waals surface area (Å²) in [5.41, 5.74) is 1.19. The van der Waals surface area contributed by atoms with Crippen LogP contribution < -0.4 is 5.32 Å². The summed E-state index contributed by atoms with van der Waals surface area (Å²) in [5.74, 6) is -1.21. The molecule has 1 N–H and O–H groups in total. The van der Waals surface area contributed by atoms with E-state index in [9.17, 15) is 17.2 Å². The molecule has 24 heavy (non-hydrogen) atoms. The van der Waals surface area contributed by atoms with Crippen LogP contribution in [0.2, 0.25) is 0 Å². The van der Waals surface area contributed by atoms with Crippen molar-refractivity contribution in [2.24, 2.45) is 0 Å². The fourth-order valence-corrected chi connectivity index (χ4v) is 4.57. The Bertz CT molecular complexity index is 855. The molecule has 1 unspecified atom stereocenters. The molecule has 4 nitrogen and oxygen atoms in total. The zero-order chi connectivity index (χ0) is 17.3. The Morgan fingerprint density at radius 3 is 2.67 bits per heavy atom. The zero-order valence-corrected chi connectivity index (χ0v) is 14.0. The summed E-state index contributed by atoms with van der Waals surface area (Å²) in [7, 11) is -4.02. The van der Waals surface area contributed by atoms with E-state index in [1.807, 2.05) is 0 Å². The third-order valence-electron chi connectivity index (χ3n) is 4.10. The summed E-state index contributed by atoms with van der Waals surface area (Å²) in [4.78, 5) is -0.351. The van der Waals surface area contributed by atoms with E-state index in [0.717, 1.165) is 0 Å². The minimum Gasteiger partial charge on any atom is -0.313 e. The molecule has 1 saturated heterocycles. The predicted molar refractivity (Wildman–Crippen MR) is 87.0 cm³/mol. The quantitative estimate of drug-likeness (QED) is 0.924. The summed E-state index contributed by atoms with van der Waals surface area (Å²) in [6.07, 6.45) is 0. The van der Waals surface area contributed by atoms with E-state index in [1.54, 1.807) is 19.1 Å². The molecule has 1 aliphatic rings. The third kappa shape index (κ3) is 3.19. The lowest BCUT2D eigenvalue weighted by molar-refractivity contribution is 0.270. The molecular formula is C17H18F2N2O2S. The van der Waals surface area contributed by atoms with Gasteiger partial charge in [0.05, 0.1) is 6.04 Å². The summed E-state index contributed by atoms with van der Waals surface area (Å²) < 4.78 is 54.9. The second kappa shape index (κ2) is 6.58. The minimum atomic E-state index is -4.02. The first-order valence-electron chi connectivity index (χ1n) is 7.64. The van der Waals surface area contributed by atoms with E-state index >= 15 is 0 Å².